The van der Waals surface area contributed by atoms with Gasteiger partial charge in [0.2, 0.25) is 0 Å². The minimum Gasteiger partial charge on any atom is -0.503 e. The van der Waals surface area contributed by atoms with Crippen LogP contribution in [-0.4, -0.2) is 21.7 Å². The molecule has 0 aliphatic rings. The zero-order valence-electron chi connectivity index (χ0n) is 7.80. The van der Waals surface area contributed by atoms with Crippen LogP contribution >= 0.6 is 11.6 Å². The zero-order chi connectivity index (χ0) is 12.5. The van der Waals surface area contributed by atoms with Crippen LogP contribution in [0.5, 0.6) is 11.6 Å². The number of alkyl halides is 3. The molecule has 1 N–H and O–H groups in total. The van der Waals surface area contributed by atoms with Gasteiger partial charge in [-0.05, 0) is 30.2 Å². The first-order valence-electron chi connectivity index (χ1n) is 3.87. The Balaban J connectivity index is 3.22. The summed E-state index contributed by atoms with van der Waals surface area (Å²) in [7, 11) is 0. The molecular weight excluding hydrogens is 251 g/mol. The maximum Gasteiger partial charge on any atom is 0.574 e. The Morgan fingerprint density at radius 1 is 1.56 bits per heavy atom. The lowest BCUT2D eigenvalue weighted by Crippen LogP contribution is -2.18. The van der Waals surface area contributed by atoms with E-state index in [1.54, 1.807) is 0 Å². The van der Waals surface area contributed by atoms with E-state index in [0.29, 0.717) is 0 Å². The van der Waals surface area contributed by atoms with Gasteiger partial charge in [-0.1, -0.05) is 0 Å². The van der Waals surface area contributed by atoms with E-state index in [-0.39, 0.29) is 5.56 Å². The van der Waals surface area contributed by atoms with Crippen LogP contribution in [0, 0.1) is 6.92 Å². The lowest BCUT2D eigenvalue weighted by Gasteiger charge is -2.11. The third-order valence-corrected chi connectivity index (χ3v) is 1.76. The number of pyridine rings is 1. The third kappa shape index (κ3) is 2.99. The molecule has 0 spiro atoms. The smallest absolute Gasteiger partial charge is 0.503 e. The molecule has 0 fully saturated rings. The highest BCUT2D eigenvalue weighted by Crippen LogP contribution is 2.32. The minimum atomic E-state index is -5.01. The van der Waals surface area contributed by atoms with E-state index < -0.39 is 28.9 Å². The Morgan fingerprint density at radius 2 is 2.12 bits per heavy atom. The molecule has 16 heavy (non-hydrogen) atoms. The minimum absolute atomic E-state index is 0.00162. The molecule has 0 aliphatic heterocycles. The van der Waals surface area contributed by atoms with Crippen molar-refractivity contribution < 1.29 is 27.8 Å². The van der Waals surface area contributed by atoms with Crippen LogP contribution in [0.25, 0.3) is 0 Å². The third-order valence-electron chi connectivity index (χ3n) is 1.57. The van der Waals surface area contributed by atoms with Crippen molar-refractivity contribution in [1.29, 1.82) is 0 Å². The van der Waals surface area contributed by atoms with E-state index >= 15 is 0 Å². The van der Waals surface area contributed by atoms with Crippen LogP contribution in [0.1, 0.15) is 16.1 Å². The largest absolute Gasteiger partial charge is 0.574 e. The molecule has 0 aromatic carbocycles. The molecule has 1 aromatic heterocycles. The van der Waals surface area contributed by atoms with E-state index in [4.69, 9.17) is 11.6 Å². The molecule has 88 valence electrons. The van der Waals surface area contributed by atoms with E-state index in [9.17, 15) is 23.1 Å². The molecule has 0 amide bonds. The van der Waals surface area contributed by atoms with E-state index in [1.165, 1.54) is 6.92 Å². The molecule has 0 radical (unpaired) electrons. The second kappa shape index (κ2) is 4.17. The monoisotopic (exact) mass is 255 g/mol. The molecule has 1 rings (SSSR count). The van der Waals surface area contributed by atoms with E-state index in [0.717, 1.165) is 6.07 Å². The topological polar surface area (TPSA) is 59.4 Å². The molecule has 0 atom stereocenters. The second-order valence-corrected chi connectivity index (χ2v) is 3.14. The quantitative estimate of drug-likeness (QED) is 0.824. The molecule has 0 saturated carbocycles. The van der Waals surface area contributed by atoms with Crippen molar-refractivity contribution in [1.82, 2.24) is 4.98 Å². The summed E-state index contributed by atoms with van der Waals surface area (Å²) in [5, 5.41) is 8.18. The summed E-state index contributed by atoms with van der Waals surface area (Å²) in [5.41, 5.74) is -0.436. The van der Waals surface area contributed by atoms with Gasteiger partial charge in [0.1, 0.15) is 5.69 Å². The summed E-state index contributed by atoms with van der Waals surface area (Å²) in [6, 6.07) is 1.05. The summed E-state index contributed by atoms with van der Waals surface area (Å²) >= 11 is 5.05. The normalized spacial score (nSPS) is 11.3. The van der Waals surface area contributed by atoms with Gasteiger partial charge >= 0.3 is 6.36 Å². The number of rotatable bonds is 2. The molecule has 0 unspecified atom stereocenters. The summed E-state index contributed by atoms with van der Waals surface area (Å²) in [6.45, 7) is 1.28. The van der Waals surface area contributed by atoms with Gasteiger partial charge in [-0.3, -0.25) is 4.79 Å². The van der Waals surface area contributed by atoms with Crippen molar-refractivity contribution in [3.63, 3.8) is 0 Å². The van der Waals surface area contributed by atoms with Crippen molar-refractivity contribution >= 4 is 16.8 Å². The van der Waals surface area contributed by atoms with Gasteiger partial charge in [0.05, 0.1) is 0 Å². The molecule has 0 bridgehead atoms. The summed E-state index contributed by atoms with van der Waals surface area (Å²) in [4.78, 5) is 13.9. The van der Waals surface area contributed by atoms with Gasteiger partial charge in [0.25, 0.3) is 11.1 Å². The fourth-order valence-corrected chi connectivity index (χ4v) is 1.02. The Labute approximate surface area is 92.6 Å². The Hall–Kier alpha value is -1.50. The van der Waals surface area contributed by atoms with Crippen molar-refractivity contribution in [2.24, 2.45) is 0 Å². The van der Waals surface area contributed by atoms with Crippen LogP contribution in [-0.2, 0) is 0 Å². The predicted octanol–water partition coefficient (Wildman–Crippen LogP) is 2.37. The van der Waals surface area contributed by atoms with Gasteiger partial charge in [0, 0.05) is 0 Å². The fourth-order valence-electron chi connectivity index (χ4n) is 0.918. The number of nitrogens with zero attached hydrogens (tertiary/aromatic N) is 1. The van der Waals surface area contributed by atoms with Gasteiger partial charge in [0.15, 0.2) is 5.75 Å². The number of halogens is 4. The van der Waals surface area contributed by atoms with Crippen molar-refractivity contribution in [2.45, 2.75) is 13.3 Å². The SMILES string of the molecule is Cc1cc(C(=O)Cl)nc(OC(F)(F)F)c1O. The number of carbonyl (C=O) groups is 1. The van der Waals surface area contributed by atoms with Gasteiger partial charge in [-0.15, -0.1) is 13.2 Å². The number of hydrogen-bond donors (Lipinski definition) is 1. The lowest BCUT2D eigenvalue weighted by molar-refractivity contribution is -0.276. The Bertz CT molecular complexity index is 433. The molecule has 4 nitrogen and oxygen atoms in total. The number of hydrogen-bond acceptors (Lipinski definition) is 4. The Kier molecular flexibility index (Phi) is 3.27. The highest BCUT2D eigenvalue weighted by molar-refractivity contribution is 6.67. The van der Waals surface area contributed by atoms with Crippen molar-refractivity contribution in [3.05, 3.63) is 17.3 Å². The van der Waals surface area contributed by atoms with Gasteiger partial charge in [-0.25, -0.2) is 4.98 Å². The number of aryl methyl sites for hydroxylation is 1. The van der Waals surface area contributed by atoms with Crippen LogP contribution in [0.4, 0.5) is 13.2 Å². The van der Waals surface area contributed by atoms with Crippen molar-refractivity contribution in [3.8, 4) is 11.6 Å². The maximum absolute atomic E-state index is 11.9. The van der Waals surface area contributed by atoms with Gasteiger partial charge in [-0.2, -0.15) is 0 Å². The first kappa shape index (κ1) is 12.6. The number of carbonyl (C=O) groups excluding carboxylic acids is 1. The van der Waals surface area contributed by atoms with Crippen LogP contribution in [0.15, 0.2) is 6.07 Å². The zero-order valence-corrected chi connectivity index (χ0v) is 8.56. The molecular formula is C8H5ClF3NO3. The van der Waals surface area contributed by atoms with E-state index in [1.807, 2.05) is 0 Å². The number of ether oxygens (including phenoxy) is 1. The standard InChI is InChI=1S/C8H5ClF3NO3/c1-3-2-4(6(9)15)13-7(5(3)14)16-8(10,11)12/h2,14H,1H3. The van der Waals surface area contributed by atoms with Gasteiger partial charge < -0.3 is 9.84 Å². The van der Waals surface area contributed by atoms with Crippen LogP contribution < -0.4 is 4.74 Å². The van der Waals surface area contributed by atoms with Crippen LogP contribution in [0.3, 0.4) is 0 Å². The molecule has 1 aromatic rings. The molecule has 1 heterocycles. The second-order valence-electron chi connectivity index (χ2n) is 2.80. The van der Waals surface area contributed by atoms with E-state index in [2.05, 4.69) is 9.72 Å². The highest BCUT2D eigenvalue weighted by Gasteiger charge is 2.33. The first-order valence-corrected chi connectivity index (χ1v) is 4.24. The summed E-state index contributed by atoms with van der Waals surface area (Å²) in [6.07, 6.45) is -5.01. The number of aromatic nitrogens is 1. The fraction of sp³-hybridized carbons (Fsp3) is 0.250. The first-order chi connectivity index (χ1) is 7.20. The average Bonchev–Trinajstić information content (AvgIpc) is 2.10. The molecule has 8 heteroatoms. The van der Waals surface area contributed by atoms with Crippen molar-refractivity contribution in [2.75, 3.05) is 0 Å². The summed E-state index contributed by atoms with van der Waals surface area (Å²) in [5.74, 6) is -1.89. The molecule has 0 aliphatic carbocycles. The number of aromatic hydroxyl groups is 1. The lowest BCUT2D eigenvalue weighted by atomic mass is 10.2. The average molecular weight is 256 g/mol. The maximum atomic E-state index is 11.9. The summed E-state index contributed by atoms with van der Waals surface area (Å²) < 4.78 is 39.1. The predicted molar refractivity (Wildman–Crippen MR) is 47.5 cm³/mol. The van der Waals surface area contributed by atoms with Crippen LogP contribution in [0.2, 0.25) is 0 Å². The highest BCUT2D eigenvalue weighted by atomic mass is 35.5. The molecule has 0 saturated heterocycles. The Morgan fingerprint density at radius 3 is 2.56 bits per heavy atom.